The summed E-state index contributed by atoms with van der Waals surface area (Å²) in [6.07, 6.45) is 2.04. The number of anilines is 1. The minimum absolute atomic E-state index is 0.124. The summed E-state index contributed by atoms with van der Waals surface area (Å²) in [5, 5.41) is 7.58. The Hall–Kier alpha value is -3.06. The Labute approximate surface area is 168 Å². The first kappa shape index (κ1) is 18.3. The topological polar surface area (TPSA) is 90.0 Å². The second kappa shape index (κ2) is 7.16. The van der Waals surface area contributed by atoms with Crippen molar-refractivity contribution in [1.82, 2.24) is 15.1 Å². The van der Waals surface area contributed by atoms with Gasteiger partial charge in [-0.2, -0.15) is 5.10 Å². The van der Waals surface area contributed by atoms with Gasteiger partial charge in [0.15, 0.2) is 5.78 Å². The minimum atomic E-state index is -0.241. The van der Waals surface area contributed by atoms with Crippen LogP contribution in [0, 0.1) is 6.92 Å². The number of nitrogens with zero attached hydrogens (tertiary/aromatic N) is 2. The van der Waals surface area contributed by atoms with E-state index in [2.05, 4.69) is 23.0 Å². The number of benzene rings is 2. The summed E-state index contributed by atoms with van der Waals surface area (Å²) in [6.45, 7) is 1.90. The molecule has 1 aromatic heterocycles. The Morgan fingerprint density at radius 2 is 1.86 bits per heavy atom. The quantitative estimate of drug-likeness (QED) is 0.460. The smallest absolute Gasteiger partial charge is 0.251 e. The molecule has 1 fully saturated rings. The van der Waals surface area contributed by atoms with Crippen LogP contribution in [0.5, 0.6) is 0 Å². The van der Waals surface area contributed by atoms with Gasteiger partial charge in [0.1, 0.15) is 10.8 Å². The lowest BCUT2D eigenvalue weighted by Crippen LogP contribution is -2.25. The highest BCUT2D eigenvalue weighted by Crippen LogP contribution is 2.28. The molecule has 3 aromatic rings. The Kier molecular flexibility index (Phi) is 4.68. The van der Waals surface area contributed by atoms with Crippen LogP contribution < -0.4 is 11.1 Å². The van der Waals surface area contributed by atoms with E-state index in [1.807, 2.05) is 19.1 Å². The number of carbonyl (C=O) groups excluding carboxylic acids is 2. The van der Waals surface area contributed by atoms with Crippen LogP contribution in [0.2, 0.25) is 0 Å². The molecule has 2 aromatic carbocycles. The molecule has 1 saturated carbocycles. The predicted molar refractivity (Wildman–Crippen MR) is 110 cm³/mol. The van der Waals surface area contributed by atoms with E-state index >= 15 is 0 Å². The maximum atomic E-state index is 12.9. The first-order valence-corrected chi connectivity index (χ1v) is 9.49. The first-order chi connectivity index (χ1) is 13.5. The van der Waals surface area contributed by atoms with Crippen LogP contribution in [0.25, 0.3) is 5.69 Å². The molecule has 6 nitrogen and oxygen atoms in total. The third kappa shape index (κ3) is 3.41. The van der Waals surface area contributed by atoms with Crippen molar-refractivity contribution in [3.63, 3.8) is 0 Å². The van der Waals surface area contributed by atoms with Crippen LogP contribution in [0.1, 0.15) is 44.7 Å². The molecule has 1 heterocycles. The normalized spacial score (nSPS) is 13.4. The van der Waals surface area contributed by atoms with E-state index in [4.69, 9.17) is 5.73 Å². The van der Waals surface area contributed by atoms with Crippen LogP contribution in [0.4, 0.5) is 5.82 Å². The number of thiol groups is 1. The molecule has 4 rings (SSSR count). The van der Waals surface area contributed by atoms with Gasteiger partial charge in [0.2, 0.25) is 0 Å². The number of hydrogen-bond acceptors (Lipinski definition) is 5. The molecule has 0 atom stereocenters. The molecule has 7 heteroatoms. The van der Waals surface area contributed by atoms with Gasteiger partial charge in [-0.05, 0) is 37.5 Å². The zero-order valence-electron chi connectivity index (χ0n) is 15.3. The Balaban J connectivity index is 1.74. The third-order valence-electron chi connectivity index (χ3n) is 4.78. The van der Waals surface area contributed by atoms with Crippen molar-refractivity contribution < 1.29 is 9.59 Å². The van der Waals surface area contributed by atoms with Crippen LogP contribution in [-0.4, -0.2) is 27.5 Å². The van der Waals surface area contributed by atoms with Crippen molar-refractivity contribution in [2.24, 2.45) is 0 Å². The van der Waals surface area contributed by atoms with E-state index in [0.29, 0.717) is 16.8 Å². The number of rotatable bonds is 5. The number of carbonyl (C=O) groups is 2. The van der Waals surface area contributed by atoms with Gasteiger partial charge in [-0.25, -0.2) is 4.68 Å². The fourth-order valence-electron chi connectivity index (χ4n) is 3.03. The molecular formula is C21H20N4O2S. The Bertz CT molecular complexity index is 1070. The summed E-state index contributed by atoms with van der Waals surface area (Å²) in [5.41, 5.74) is 9.10. The molecule has 0 unspecified atom stereocenters. The highest BCUT2D eigenvalue weighted by atomic mass is 32.1. The van der Waals surface area contributed by atoms with E-state index in [1.165, 1.54) is 4.68 Å². The monoisotopic (exact) mass is 392 g/mol. The van der Waals surface area contributed by atoms with E-state index < -0.39 is 0 Å². The number of ketones is 1. The lowest BCUT2D eigenvalue weighted by molar-refractivity contribution is 0.0950. The molecule has 0 radical (unpaired) electrons. The molecule has 0 bridgehead atoms. The van der Waals surface area contributed by atoms with Gasteiger partial charge in [0, 0.05) is 17.2 Å². The average Bonchev–Trinajstić information content (AvgIpc) is 3.46. The zero-order valence-corrected chi connectivity index (χ0v) is 16.2. The molecule has 3 N–H and O–H groups in total. The largest absolute Gasteiger partial charge is 0.383 e. The maximum absolute atomic E-state index is 12.9. The summed E-state index contributed by atoms with van der Waals surface area (Å²) in [5.74, 6) is -0.169. The minimum Gasteiger partial charge on any atom is -0.383 e. The first-order valence-electron chi connectivity index (χ1n) is 9.05. The van der Waals surface area contributed by atoms with Gasteiger partial charge >= 0.3 is 0 Å². The number of amides is 1. The number of aromatic nitrogens is 2. The second-order valence-corrected chi connectivity index (χ2v) is 7.36. The lowest BCUT2D eigenvalue weighted by Gasteiger charge is -2.11. The summed E-state index contributed by atoms with van der Waals surface area (Å²) in [7, 11) is 0. The van der Waals surface area contributed by atoms with Crippen LogP contribution in [0.3, 0.4) is 0 Å². The van der Waals surface area contributed by atoms with Crippen molar-refractivity contribution in [2.75, 3.05) is 5.73 Å². The molecule has 0 spiro atoms. The molecular weight excluding hydrogens is 372 g/mol. The number of nitrogens with one attached hydrogen (secondary N) is 1. The molecule has 28 heavy (non-hydrogen) atoms. The van der Waals surface area contributed by atoms with Crippen molar-refractivity contribution in [1.29, 1.82) is 0 Å². The number of nitrogen functional groups attached to an aromatic ring is 1. The molecule has 0 aliphatic heterocycles. The van der Waals surface area contributed by atoms with Crippen molar-refractivity contribution in [2.45, 2.75) is 30.8 Å². The number of hydrogen-bond donors (Lipinski definition) is 3. The maximum Gasteiger partial charge on any atom is 0.251 e. The van der Waals surface area contributed by atoms with E-state index in [-0.39, 0.29) is 34.1 Å². The summed E-state index contributed by atoms with van der Waals surface area (Å²) in [4.78, 5) is 25.3. The zero-order chi connectivity index (χ0) is 19.8. The van der Waals surface area contributed by atoms with Crippen LogP contribution in [-0.2, 0) is 0 Å². The Morgan fingerprint density at radius 1 is 1.14 bits per heavy atom. The van der Waals surface area contributed by atoms with Gasteiger partial charge in [0.25, 0.3) is 5.91 Å². The molecule has 1 aliphatic rings. The predicted octanol–water partition coefficient (Wildman–Crippen LogP) is 3.17. The van der Waals surface area contributed by atoms with Gasteiger partial charge < -0.3 is 11.1 Å². The number of nitrogens with two attached hydrogens (primary N) is 1. The highest BCUT2D eigenvalue weighted by Gasteiger charge is 2.25. The van der Waals surface area contributed by atoms with Gasteiger partial charge in [-0.3, -0.25) is 9.59 Å². The van der Waals surface area contributed by atoms with E-state index in [1.54, 1.807) is 36.4 Å². The van der Waals surface area contributed by atoms with Crippen LogP contribution in [0.15, 0.2) is 53.6 Å². The van der Waals surface area contributed by atoms with Crippen molar-refractivity contribution >= 4 is 30.1 Å². The summed E-state index contributed by atoms with van der Waals surface area (Å²) >= 11 is 4.37. The highest BCUT2D eigenvalue weighted by molar-refractivity contribution is 7.80. The standard InChI is InChI=1S/C21H20N4O2S/c1-12-7-8-14(20(27)23-15-9-10-15)11-16(12)25-19(22)17(21(28)24-25)18(26)13-5-3-2-4-6-13/h2-8,11,15H,9-10,22H2,1H3,(H,23,27)(H,24,28). The summed E-state index contributed by atoms with van der Waals surface area (Å²) < 4.78 is 1.47. The second-order valence-electron chi connectivity index (χ2n) is 6.94. The molecule has 0 saturated heterocycles. The van der Waals surface area contributed by atoms with Gasteiger partial charge in [-0.15, -0.1) is 12.6 Å². The molecule has 1 aliphatic carbocycles. The fraction of sp³-hybridized carbons (Fsp3) is 0.190. The third-order valence-corrected chi connectivity index (χ3v) is 5.09. The van der Waals surface area contributed by atoms with Gasteiger partial charge in [-0.1, -0.05) is 36.4 Å². The van der Waals surface area contributed by atoms with Crippen LogP contribution >= 0.6 is 12.6 Å². The van der Waals surface area contributed by atoms with Crippen molar-refractivity contribution in [3.05, 3.63) is 70.8 Å². The van der Waals surface area contributed by atoms with E-state index in [9.17, 15) is 9.59 Å². The lowest BCUT2D eigenvalue weighted by atomic mass is 10.1. The van der Waals surface area contributed by atoms with Gasteiger partial charge in [0.05, 0.1) is 11.3 Å². The Morgan fingerprint density at radius 3 is 2.54 bits per heavy atom. The van der Waals surface area contributed by atoms with Crippen molar-refractivity contribution in [3.8, 4) is 5.69 Å². The number of aryl methyl sites for hydroxylation is 1. The molecule has 1 amide bonds. The SMILES string of the molecule is Cc1ccc(C(=O)NC2CC2)cc1-n1nc(S)c(C(=O)c2ccccc2)c1N. The fourth-order valence-corrected chi connectivity index (χ4v) is 3.34. The average molecular weight is 392 g/mol. The van der Waals surface area contributed by atoms with E-state index in [0.717, 1.165) is 18.4 Å². The summed E-state index contributed by atoms with van der Waals surface area (Å²) in [6, 6.07) is 14.5. The molecule has 142 valence electrons.